The van der Waals surface area contributed by atoms with Gasteiger partial charge in [-0.25, -0.2) is 4.39 Å². The lowest BCUT2D eigenvalue weighted by Crippen LogP contribution is -2.39. The van der Waals surface area contributed by atoms with E-state index in [2.05, 4.69) is 15.2 Å². The Bertz CT molecular complexity index is 1320. The molecule has 1 saturated heterocycles. The van der Waals surface area contributed by atoms with Crippen LogP contribution in [0.1, 0.15) is 27.9 Å². The minimum absolute atomic E-state index is 0.0290. The number of pyridine rings is 2. The van der Waals surface area contributed by atoms with Crippen LogP contribution in [0.4, 0.5) is 17.6 Å². The molecule has 0 unspecified atom stereocenters. The van der Waals surface area contributed by atoms with E-state index in [4.69, 9.17) is 4.74 Å². The summed E-state index contributed by atoms with van der Waals surface area (Å²) in [6.07, 6.45) is -2.97. The standard InChI is InChI=1S/C24H24F4N4O4/c25-16-5-4-15(17(13-16)24(26,27)28)14-32-18-3-1-6-29-20(18)21(33)19(23(32)35)22(34)30-7-2-8-31-9-11-36-12-10-31/h1,3-6,13,33H,2,7-12,14H2,(H,30,34). The van der Waals surface area contributed by atoms with E-state index in [1.807, 2.05) is 0 Å². The summed E-state index contributed by atoms with van der Waals surface area (Å²) < 4.78 is 60.4. The third-order valence-corrected chi connectivity index (χ3v) is 5.97. The minimum atomic E-state index is -4.87. The normalized spacial score (nSPS) is 14.8. The number of ether oxygens (including phenoxy) is 1. The van der Waals surface area contributed by atoms with Gasteiger partial charge in [-0.2, -0.15) is 13.2 Å². The van der Waals surface area contributed by atoms with Crippen LogP contribution < -0.4 is 10.9 Å². The summed E-state index contributed by atoms with van der Waals surface area (Å²) in [5.74, 6) is -2.60. The highest BCUT2D eigenvalue weighted by Crippen LogP contribution is 2.33. The lowest BCUT2D eigenvalue weighted by molar-refractivity contribution is -0.138. The molecule has 8 nitrogen and oxygen atoms in total. The van der Waals surface area contributed by atoms with Crippen LogP contribution in [0.3, 0.4) is 0 Å². The van der Waals surface area contributed by atoms with Crippen LogP contribution in [0.25, 0.3) is 11.0 Å². The number of carbonyl (C=O) groups excluding carboxylic acids is 1. The van der Waals surface area contributed by atoms with Gasteiger partial charge < -0.3 is 19.7 Å². The molecule has 0 aliphatic carbocycles. The molecule has 1 aliphatic heterocycles. The number of carbonyl (C=O) groups is 1. The molecule has 1 amide bonds. The second kappa shape index (κ2) is 10.6. The fraction of sp³-hybridized carbons (Fsp3) is 0.375. The maximum absolute atomic E-state index is 13.6. The first-order chi connectivity index (χ1) is 17.2. The van der Waals surface area contributed by atoms with Crippen molar-refractivity contribution >= 4 is 16.9 Å². The zero-order valence-corrected chi connectivity index (χ0v) is 19.1. The number of amides is 1. The molecule has 36 heavy (non-hydrogen) atoms. The number of hydrogen-bond acceptors (Lipinski definition) is 6. The second-order valence-electron chi connectivity index (χ2n) is 8.35. The van der Waals surface area contributed by atoms with Gasteiger partial charge in [0.2, 0.25) is 0 Å². The van der Waals surface area contributed by atoms with Crippen molar-refractivity contribution in [1.82, 2.24) is 19.8 Å². The Balaban J connectivity index is 1.65. The third kappa shape index (κ3) is 5.49. The number of nitrogens with one attached hydrogen (secondary N) is 1. The van der Waals surface area contributed by atoms with E-state index >= 15 is 0 Å². The minimum Gasteiger partial charge on any atom is -0.505 e. The molecule has 1 fully saturated rings. The molecule has 4 rings (SSSR count). The van der Waals surface area contributed by atoms with Gasteiger partial charge in [-0.1, -0.05) is 6.07 Å². The Morgan fingerprint density at radius 1 is 1.19 bits per heavy atom. The number of nitrogens with zero attached hydrogens (tertiary/aromatic N) is 3. The van der Waals surface area contributed by atoms with E-state index in [1.54, 1.807) is 0 Å². The number of fused-ring (bicyclic) bond motifs is 1. The zero-order chi connectivity index (χ0) is 25.9. The number of aromatic hydroxyl groups is 1. The molecule has 12 heteroatoms. The Morgan fingerprint density at radius 3 is 2.67 bits per heavy atom. The van der Waals surface area contributed by atoms with E-state index < -0.39 is 46.9 Å². The van der Waals surface area contributed by atoms with Crippen molar-refractivity contribution in [3.8, 4) is 5.75 Å². The van der Waals surface area contributed by atoms with E-state index in [9.17, 15) is 32.3 Å². The number of rotatable bonds is 7. The Hall–Kier alpha value is -3.51. The second-order valence-corrected chi connectivity index (χ2v) is 8.35. The summed E-state index contributed by atoms with van der Waals surface area (Å²) in [5, 5.41) is 13.3. The van der Waals surface area contributed by atoms with Crippen molar-refractivity contribution in [2.24, 2.45) is 0 Å². The number of halogens is 4. The van der Waals surface area contributed by atoms with Gasteiger partial charge in [-0.3, -0.25) is 19.5 Å². The molecule has 0 spiro atoms. The predicted molar refractivity (Wildman–Crippen MR) is 122 cm³/mol. The van der Waals surface area contributed by atoms with Crippen LogP contribution in [0.5, 0.6) is 5.75 Å². The largest absolute Gasteiger partial charge is 0.505 e. The highest BCUT2D eigenvalue weighted by atomic mass is 19.4. The summed E-state index contributed by atoms with van der Waals surface area (Å²) in [7, 11) is 0. The third-order valence-electron chi connectivity index (χ3n) is 5.97. The summed E-state index contributed by atoms with van der Waals surface area (Å²) in [6, 6.07) is 4.98. The van der Waals surface area contributed by atoms with Gasteiger partial charge >= 0.3 is 6.18 Å². The molecule has 0 saturated carbocycles. The van der Waals surface area contributed by atoms with E-state index in [1.165, 1.54) is 18.3 Å². The topological polar surface area (TPSA) is 96.7 Å². The van der Waals surface area contributed by atoms with E-state index in [-0.39, 0.29) is 23.1 Å². The van der Waals surface area contributed by atoms with Gasteiger partial charge in [-0.05, 0) is 42.8 Å². The maximum Gasteiger partial charge on any atom is 0.416 e. The van der Waals surface area contributed by atoms with Gasteiger partial charge in [0.1, 0.15) is 16.9 Å². The van der Waals surface area contributed by atoms with Crippen molar-refractivity contribution in [2.45, 2.75) is 19.1 Å². The van der Waals surface area contributed by atoms with Crippen LogP contribution in [0.2, 0.25) is 0 Å². The van der Waals surface area contributed by atoms with Crippen LogP contribution in [0, 0.1) is 5.82 Å². The molecule has 192 valence electrons. The molecule has 2 aromatic heterocycles. The first kappa shape index (κ1) is 25.6. The van der Waals surface area contributed by atoms with Crippen LogP contribution in [-0.4, -0.2) is 64.9 Å². The Morgan fingerprint density at radius 2 is 1.94 bits per heavy atom. The van der Waals surface area contributed by atoms with E-state index in [0.29, 0.717) is 32.2 Å². The SMILES string of the molecule is O=C(NCCCN1CCOCC1)c1c(O)c2ncccc2n(Cc2ccc(F)cc2C(F)(F)F)c1=O. The van der Waals surface area contributed by atoms with Gasteiger partial charge in [0.05, 0.1) is 30.8 Å². The Labute approximate surface area is 203 Å². The molecular formula is C24H24F4N4O4. The quantitative estimate of drug-likeness (QED) is 0.377. The molecule has 2 N–H and O–H groups in total. The smallest absolute Gasteiger partial charge is 0.416 e. The zero-order valence-electron chi connectivity index (χ0n) is 19.1. The average Bonchev–Trinajstić information content (AvgIpc) is 2.85. The van der Waals surface area contributed by atoms with E-state index in [0.717, 1.165) is 29.8 Å². The fourth-order valence-corrected chi connectivity index (χ4v) is 4.16. The van der Waals surface area contributed by atoms with Crippen molar-refractivity contribution in [3.05, 3.63) is 69.4 Å². The lowest BCUT2D eigenvalue weighted by Gasteiger charge is -2.26. The molecule has 3 heterocycles. The number of alkyl halides is 3. The average molecular weight is 508 g/mol. The first-order valence-electron chi connectivity index (χ1n) is 11.3. The number of benzene rings is 1. The van der Waals surface area contributed by atoms with Gasteiger partial charge in [0, 0.05) is 25.8 Å². The van der Waals surface area contributed by atoms with Crippen molar-refractivity contribution in [1.29, 1.82) is 0 Å². The fourth-order valence-electron chi connectivity index (χ4n) is 4.16. The summed E-state index contributed by atoms with van der Waals surface area (Å²) in [4.78, 5) is 32.4. The molecular weight excluding hydrogens is 484 g/mol. The maximum atomic E-state index is 13.6. The van der Waals surface area contributed by atoms with Gasteiger partial charge in [0.25, 0.3) is 11.5 Å². The number of morpholine rings is 1. The molecule has 1 aromatic carbocycles. The van der Waals surface area contributed by atoms with Crippen molar-refractivity contribution in [3.63, 3.8) is 0 Å². The summed E-state index contributed by atoms with van der Waals surface area (Å²) in [5.41, 5.74) is -3.32. The number of aromatic nitrogens is 2. The molecule has 3 aromatic rings. The van der Waals surface area contributed by atoms with Crippen LogP contribution in [0.15, 0.2) is 41.3 Å². The van der Waals surface area contributed by atoms with Crippen LogP contribution in [-0.2, 0) is 17.5 Å². The Kier molecular flexibility index (Phi) is 7.55. The molecule has 0 atom stereocenters. The van der Waals surface area contributed by atoms with Crippen LogP contribution >= 0.6 is 0 Å². The highest BCUT2D eigenvalue weighted by molar-refractivity contribution is 6.01. The van der Waals surface area contributed by atoms with Crippen molar-refractivity contribution in [2.75, 3.05) is 39.4 Å². The van der Waals surface area contributed by atoms with Gasteiger partial charge in [0.15, 0.2) is 5.75 Å². The molecule has 0 radical (unpaired) electrons. The summed E-state index contributed by atoms with van der Waals surface area (Å²) in [6.45, 7) is 3.11. The lowest BCUT2D eigenvalue weighted by atomic mass is 10.1. The monoisotopic (exact) mass is 508 g/mol. The molecule has 1 aliphatic rings. The van der Waals surface area contributed by atoms with Crippen molar-refractivity contribution < 1.29 is 32.2 Å². The highest BCUT2D eigenvalue weighted by Gasteiger charge is 2.34. The molecule has 0 bridgehead atoms. The first-order valence-corrected chi connectivity index (χ1v) is 11.3. The van der Waals surface area contributed by atoms with Gasteiger partial charge in [-0.15, -0.1) is 0 Å². The predicted octanol–water partition coefficient (Wildman–Crippen LogP) is 2.76. The number of hydrogen-bond donors (Lipinski definition) is 2. The summed E-state index contributed by atoms with van der Waals surface area (Å²) >= 11 is 0.